The molecular formula is C34H34ClF4N3O5. The molecule has 3 N–H and O–H groups in total. The lowest BCUT2D eigenvalue weighted by molar-refractivity contribution is -0.217. The molecule has 3 aromatic carbocycles. The highest BCUT2D eigenvalue weighted by Crippen LogP contribution is 2.56. The zero-order valence-electron chi connectivity index (χ0n) is 26.3. The van der Waals surface area contributed by atoms with Crippen molar-refractivity contribution in [1.82, 2.24) is 5.32 Å². The average molecular weight is 676 g/mol. The first-order valence-electron chi connectivity index (χ1n) is 14.8. The Hall–Kier alpha value is -4.16. The van der Waals surface area contributed by atoms with Gasteiger partial charge in [-0.25, -0.2) is 9.18 Å². The van der Waals surface area contributed by atoms with Crippen LogP contribution in [-0.2, 0) is 20.7 Å². The number of esters is 1. The van der Waals surface area contributed by atoms with Crippen molar-refractivity contribution in [2.75, 3.05) is 24.9 Å². The SMILES string of the molecule is COC(=O)c1ccc(NC(=O)[C@@H]2N[C@@H](CC(C)(C)C(F)(F)F)[C@]3(Cc4ccc(C)cc4NC3=O)[C@H]2c2cccc(Cl)c2F)c(OC)c1. The number of carbonyl (C=O) groups is 3. The molecule has 2 aliphatic rings. The van der Waals surface area contributed by atoms with Crippen molar-refractivity contribution in [2.45, 2.75) is 57.8 Å². The molecule has 3 aromatic rings. The number of amides is 2. The summed E-state index contributed by atoms with van der Waals surface area (Å²) in [5, 5.41) is 8.34. The van der Waals surface area contributed by atoms with Crippen molar-refractivity contribution in [3.05, 3.63) is 87.7 Å². The predicted octanol–water partition coefficient (Wildman–Crippen LogP) is 6.81. The molecular weight excluding hydrogens is 642 g/mol. The maximum absolute atomic E-state index is 16.0. The van der Waals surface area contributed by atoms with Crippen LogP contribution in [0.5, 0.6) is 5.75 Å². The van der Waals surface area contributed by atoms with E-state index in [2.05, 4.69) is 16.0 Å². The molecule has 0 aliphatic carbocycles. The number of hydrogen-bond acceptors (Lipinski definition) is 6. The summed E-state index contributed by atoms with van der Waals surface area (Å²) in [6, 6.07) is 11.0. The van der Waals surface area contributed by atoms with Gasteiger partial charge in [0.2, 0.25) is 11.8 Å². The number of ether oxygens (including phenoxy) is 2. The molecule has 1 saturated heterocycles. The molecule has 13 heteroatoms. The van der Waals surface area contributed by atoms with Crippen molar-refractivity contribution < 1.29 is 41.4 Å². The zero-order valence-corrected chi connectivity index (χ0v) is 27.0. The summed E-state index contributed by atoms with van der Waals surface area (Å²) < 4.78 is 69.2. The Morgan fingerprint density at radius 2 is 1.81 bits per heavy atom. The molecule has 1 spiro atoms. The molecule has 2 amide bonds. The van der Waals surface area contributed by atoms with Gasteiger partial charge in [-0.2, -0.15) is 13.2 Å². The summed E-state index contributed by atoms with van der Waals surface area (Å²) in [6.45, 7) is 3.88. The number of halogens is 5. The van der Waals surface area contributed by atoms with Crippen molar-refractivity contribution in [3.63, 3.8) is 0 Å². The molecule has 4 atom stereocenters. The molecule has 0 saturated carbocycles. The van der Waals surface area contributed by atoms with Crippen molar-refractivity contribution in [2.24, 2.45) is 10.8 Å². The Labute approximate surface area is 274 Å². The van der Waals surface area contributed by atoms with Crippen molar-refractivity contribution >= 4 is 40.8 Å². The Kier molecular flexibility index (Phi) is 9.06. The Morgan fingerprint density at radius 1 is 1.09 bits per heavy atom. The topological polar surface area (TPSA) is 106 Å². The van der Waals surface area contributed by atoms with Gasteiger partial charge in [0.05, 0.1) is 47.4 Å². The summed E-state index contributed by atoms with van der Waals surface area (Å²) in [6.07, 6.45) is -5.36. The fourth-order valence-electron chi connectivity index (χ4n) is 6.67. The molecule has 0 bridgehead atoms. The lowest BCUT2D eigenvalue weighted by Crippen LogP contribution is -2.54. The molecule has 2 heterocycles. The smallest absolute Gasteiger partial charge is 0.394 e. The summed E-state index contributed by atoms with van der Waals surface area (Å²) in [5.41, 5.74) is -1.94. The number of benzene rings is 3. The third-order valence-corrected chi connectivity index (χ3v) is 9.56. The number of anilines is 2. The minimum atomic E-state index is -4.66. The molecule has 0 unspecified atom stereocenters. The summed E-state index contributed by atoms with van der Waals surface area (Å²) >= 11 is 6.21. The summed E-state index contributed by atoms with van der Waals surface area (Å²) in [5.74, 6) is -4.18. The van der Waals surface area contributed by atoms with E-state index < -0.39 is 65.0 Å². The second-order valence-corrected chi connectivity index (χ2v) is 13.0. The van der Waals surface area contributed by atoms with Crippen LogP contribution < -0.4 is 20.7 Å². The molecule has 5 rings (SSSR count). The largest absolute Gasteiger partial charge is 0.495 e. The molecule has 0 aromatic heterocycles. The first kappa shape index (κ1) is 34.2. The fourth-order valence-corrected chi connectivity index (χ4v) is 6.85. The maximum Gasteiger partial charge on any atom is 0.394 e. The van der Waals surface area contributed by atoms with E-state index in [-0.39, 0.29) is 34.0 Å². The van der Waals surface area contributed by atoms with Crippen LogP contribution in [0.1, 0.15) is 53.2 Å². The number of aryl methyl sites for hydroxylation is 1. The van der Waals surface area contributed by atoms with Crippen LogP contribution in [0.15, 0.2) is 54.6 Å². The normalized spacial score (nSPS) is 22.4. The monoisotopic (exact) mass is 675 g/mol. The van der Waals surface area contributed by atoms with E-state index in [0.717, 1.165) is 19.4 Å². The predicted molar refractivity (Wildman–Crippen MR) is 168 cm³/mol. The number of rotatable bonds is 7. The van der Waals surface area contributed by atoms with E-state index in [1.54, 1.807) is 12.1 Å². The van der Waals surface area contributed by atoms with E-state index in [1.807, 2.05) is 13.0 Å². The highest BCUT2D eigenvalue weighted by molar-refractivity contribution is 6.30. The van der Waals surface area contributed by atoms with Crippen molar-refractivity contribution in [1.29, 1.82) is 0 Å². The van der Waals surface area contributed by atoms with Gasteiger partial charge >= 0.3 is 12.1 Å². The standard InChI is InChI=1S/C34H34ClF4N3O5/c1-17-9-10-19-15-33(31(45)41-23(19)13-17)25(16-32(2,3)34(37,38)39)42-28(26(33)20-7-6-8-21(35)27(20)36)29(43)40-22-12-11-18(30(44)47-5)14-24(22)46-4/h6-14,25-26,28,42H,15-16H2,1-5H3,(H,40,43)(H,41,45)/t25-,26-,28+,33+/m0/s1. The molecule has 47 heavy (non-hydrogen) atoms. The van der Waals surface area contributed by atoms with Gasteiger partial charge in [-0.3, -0.25) is 9.59 Å². The molecule has 250 valence electrons. The number of nitrogens with one attached hydrogen (secondary N) is 3. The van der Waals surface area contributed by atoms with E-state index in [1.165, 1.54) is 50.6 Å². The van der Waals surface area contributed by atoms with Crippen LogP contribution in [0.3, 0.4) is 0 Å². The van der Waals surface area contributed by atoms with Gasteiger partial charge in [0.15, 0.2) is 0 Å². The first-order valence-corrected chi connectivity index (χ1v) is 15.2. The van der Waals surface area contributed by atoms with Gasteiger partial charge in [0, 0.05) is 17.6 Å². The second-order valence-electron chi connectivity index (χ2n) is 12.6. The zero-order chi connectivity index (χ0) is 34.5. The number of fused-ring (bicyclic) bond motifs is 1. The first-order chi connectivity index (χ1) is 22.0. The number of hydrogen-bond donors (Lipinski definition) is 3. The van der Waals surface area contributed by atoms with Crippen LogP contribution in [0.4, 0.5) is 28.9 Å². The van der Waals surface area contributed by atoms with Gasteiger partial charge in [-0.05, 0) is 66.8 Å². The minimum Gasteiger partial charge on any atom is -0.495 e. The van der Waals surface area contributed by atoms with E-state index in [4.69, 9.17) is 21.1 Å². The van der Waals surface area contributed by atoms with Crippen LogP contribution in [0.2, 0.25) is 5.02 Å². The average Bonchev–Trinajstić information content (AvgIpc) is 3.31. The third-order valence-electron chi connectivity index (χ3n) is 9.27. The Morgan fingerprint density at radius 3 is 2.47 bits per heavy atom. The highest BCUT2D eigenvalue weighted by Gasteiger charge is 2.65. The van der Waals surface area contributed by atoms with Gasteiger partial charge in [-0.15, -0.1) is 0 Å². The second kappa shape index (κ2) is 12.5. The number of methoxy groups -OCH3 is 2. The van der Waals surface area contributed by atoms with E-state index >= 15 is 4.39 Å². The van der Waals surface area contributed by atoms with Crippen LogP contribution in [0.25, 0.3) is 0 Å². The van der Waals surface area contributed by atoms with E-state index in [9.17, 15) is 27.6 Å². The minimum absolute atomic E-state index is 0.0857. The van der Waals surface area contributed by atoms with Gasteiger partial charge < -0.3 is 25.4 Å². The van der Waals surface area contributed by atoms with Crippen LogP contribution in [-0.4, -0.2) is 50.3 Å². The Bertz CT molecular complexity index is 1750. The Balaban J connectivity index is 1.68. The molecule has 1 fully saturated rings. The van der Waals surface area contributed by atoms with Gasteiger partial charge in [0.25, 0.3) is 0 Å². The van der Waals surface area contributed by atoms with Gasteiger partial charge in [-0.1, -0.05) is 49.7 Å². The lowest BCUT2D eigenvalue weighted by Gasteiger charge is -2.44. The van der Waals surface area contributed by atoms with E-state index in [0.29, 0.717) is 11.3 Å². The molecule has 8 nitrogen and oxygen atoms in total. The molecule has 0 radical (unpaired) electrons. The molecule has 2 aliphatic heterocycles. The third kappa shape index (κ3) is 6.04. The van der Waals surface area contributed by atoms with Crippen LogP contribution >= 0.6 is 11.6 Å². The van der Waals surface area contributed by atoms with Crippen LogP contribution in [0, 0.1) is 23.6 Å². The summed E-state index contributed by atoms with van der Waals surface area (Å²) in [7, 11) is 2.53. The number of carbonyl (C=O) groups excluding carboxylic acids is 3. The fraction of sp³-hybridized carbons (Fsp3) is 0.382. The maximum atomic E-state index is 16.0. The lowest BCUT2D eigenvalue weighted by atomic mass is 9.60. The number of alkyl halides is 3. The summed E-state index contributed by atoms with van der Waals surface area (Å²) in [4.78, 5) is 40.7. The quantitative estimate of drug-likeness (QED) is 0.188. The van der Waals surface area contributed by atoms with Crippen molar-refractivity contribution in [3.8, 4) is 5.75 Å². The van der Waals surface area contributed by atoms with Gasteiger partial charge in [0.1, 0.15) is 11.6 Å². The highest BCUT2D eigenvalue weighted by atomic mass is 35.5.